The minimum Gasteiger partial charge on any atom is -0.497 e. The van der Waals surface area contributed by atoms with E-state index in [1.807, 2.05) is 41.8 Å². The Bertz CT molecular complexity index is 1640. The maximum atomic E-state index is 12.8. The largest absolute Gasteiger partial charge is 0.497 e. The first-order valence-electron chi connectivity index (χ1n) is 11.6. The van der Waals surface area contributed by atoms with E-state index in [-0.39, 0.29) is 28.6 Å². The summed E-state index contributed by atoms with van der Waals surface area (Å²) in [7, 11) is -2.68. The Balaban J connectivity index is 1.53. The minimum absolute atomic E-state index is 0.0380. The van der Waals surface area contributed by atoms with Gasteiger partial charge < -0.3 is 13.7 Å². The molecule has 11 heteroatoms. The molecule has 39 heavy (non-hydrogen) atoms. The molecule has 1 aromatic heterocycles. The fraction of sp³-hybridized carbons (Fsp3) is 0.107. The highest BCUT2D eigenvalue weighted by molar-refractivity contribution is 7.87. The van der Waals surface area contributed by atoms with Crippen molar-refractivity contribution >= 4 is 38.6 Å². The number of carbonyl (C=O) groups excluding carboxylic acids is 1. The monoisotopic (exact) mass is 561 g/mol. The van der Waals surface area contributed by atoms with Gasteiger partial charge in [-0.15, -0.1) is 11.3 Å². The van der Waals surface area contributed by atoms with Crippen LogP contribution in [0.1, 0.15) is 12.5 Å². The zero-order valence-electron chi connectivity index (χ0n) is 21.0. The summed E-state index contributed by atoms with van der Waals surface area (Å²) in [6.45, 7) is 1.96. The molecule has 0 atom stereocenters. The number of nitrogens with one attached hydrogen (secondary N) is 1. The molecule has 0 saturated heterocycles. The van der Waals surface area contributed by atoms with Crippen molar-refractivity contribution in [1.29, 1.82) is 5.26 Å². The first kappa shape index (κ1) is 27.4. The van der Waals surface area contributed by atoms with Gasteiger partial charge in [0.2, 0.25) is 0 Å². The second kappa shape index (κ2) is 12.3. The number of thiazole rings is 1. The average molecular weight is 562 g/mol. The van der Waals surface area contributed by atoms with E-state index in [2.05, 4.69) is 10.3 Å². The molecule has 0 saturated carbocycles. The van der Waals surface area contributed by atoms with Gasteiger partial charge in [0.1, 0.15) is 22.3 Å². The molecular formula is C28H23N3O6S2. The van der Waals surface area contributed by atoms with E-state index >= 15 is 0 Å². The molecule has 0 radical (unpaired) electrons. The van der Waals surface area contributed by atoms with Gasteiger partial charge >= 0.3 is 10.1 Å². The van der Waals surface area contributed by atoms with Crippen molar-refractivity contribution in [3.63, 3.8) is 0 Å². The number of aromatic nitrogens is 1. The Hall–Kier alpha value is -4.66. The number of nitriles is 1. The lowest BCUT2D eigenvalue weighted by atomic mass is 10.1. The molecule has 0 aliphatic heterocycles. The summed E-state index contributed by atoms with van der Waals surface area (Å²) in [5.74, 6) is -0.0341. The van der Waals surface area contributed by atoms with Gasteiger partial charge in [0.15, 0.2) is 16.6 Å². The predicted molar refractivity (Wildman–Crippen MR) is 148 cm³/mol. The summed E-state index contributed by atoms with van der Waals surface area (Å²) < 4.78 is 41.6. The summed E-state index contributed by atoms with van der Waals surface area (Å²) in [6.07, 6.45) is 1.37. The molecule has 1 heterocycles. The standard InChI is InChI=1S/C28H23N3O6S2/c1-3-36-26-16-19(9-14-25(26)37-39(33,34)23-12-10-22(35-2)11-13-23)15-21(17-29)27(32)31-28-30-24(18-38-28)20-7-5-4-6-8-20/h4-16,18H,3H2,1-2H3,(H,30,31,32)/b21-15-. The second-order valence-electron chi connectivity index (χ2n) is 7.88. The van der Waals surface area contributed by atoms with Crippen molar-refractivity contribution in [3.8, 4) is 34.6 Å². The fourth-order valence-corrected chi connectivity index (χ4v) is 5.07. The topological polar surface area (TPSA) is 128 Å². The highest BCUT2D eigenvalue weighted by atomic mass is 32.2. The average Bonchev–Trinajstić information content (AvgIpc) is 3.42. The number of hydrogen-bond donors (Lipinski definition) is 1. The predicted octanol–water partition coefficient (Wildman–Crippen LogP) is 5.53. The maximum absolute atomic E-state index is 12.8. The van der Waals surface area contributed by atoms with Crippen LogP contribution in [-0.4, -0.2) is 33.0 Å². The molecule has 1 N–H and O–H groups in total. The number of amides is 1. The van der Waals surface area contributed by atoms with Crippen LogP contribution in [0.25, 0.3) is 17.3 Å². The molecule has 0 unspecified atom stereocenters. The van der Waals surface area contributed by atoms with Gasteiger partial charge in [-0.1, -0.05) is 36.4 Å². The van der Waals surface area contributed by atoms with E-state index in [0.717, 1.165) is 5.56 Å². The van der Waals surface area contributed by atoms with E-state index in [0.29, 0.717) is 22.1 Å². The molecule has 1 amide bonds. The van der Waals surface area contributed by atoms with E-state index in [1.54, 1.807) is 6.92 Å². The maximum Gasteiger partial charge on any atom is 0.339 e. The van der Waals surface area contributed by atoms with Crippen LogP contribution in [0.2, 0.25) is 0 Å². The smallest absolute Gasteiger partial charge is 0.339 e. The Morgan fingerprint density at radius 1 is 1.08 bits per heavy atom. The third kappa shape index (κ3) is 6.81. The molecular weight excluding hydrogens is 538 g/mol. The summed E-state index contributed by atoms with van der Waals surface area (Å²) in [5, 5.41) is 14.4. The lowest BCUT2D eigenvalue weighted by Gasteiger charge is -2.13. The number of benzene rings is 3. The fourth-order valence-electron chi connectivity index (χ4n) is 3.41. The van der Waals surface area contributed by atoms with Crippen LogP contribution >= 0.6 is 11.3 Å². The highest BCUT2D eigenvalue weighted by Crippen LogP contribution is 2.32. The van der Waals surface area contributed by atoms with Crippen LogP contribution in [0.3, 0.4) is 0 Å². The van der Waals surface area contributed by atoms with Gasteiger partial charge in [0, 0.05) is 10.9 Å². The molecule has 0 aliphatic rings. The summed E-state index contributed by atoms with van der Waals surface area (Å²) in [4.78, 5) is 17.1. The van der Waals surface area contributed by atoms with Crippen LogP contribution in [-0.2, 0) is 14.9 Å². The van der Waals surface area contributed by atoms with Crippen molar-refractivity contribution in [2.75, 3.05) is 19.0 Å². The van der Waals surface area contributed by atoms with Crippen LogP contribution in [0, 0.1) is 11.3 Å². The molecule has 0 bridgehead atoms. The number of nitrogens with zero attached hydrogens (tertiary/aromatic N) is 2. The van der Waals surface area contributed by atoms with Gasteiger partial charge in [0.05, 0.1) is 19.4 Å². The number of carbonyl (C=O) groups is 1. The van der Waals surface area contributed by atoms with Gasteiger partial charge in [-0.05, 0) is 55.0 Å². The molecule has 3 aromatic carbocycles. The zero-order valence-corrected chi connectivity index (χ0v) is 22.6. The van der Waals surface area contributed by atoms with Crippen LogP contribution in [0.5, 0.6) is 17.2 Å². The molecule has 4 rings (SSSR count). The van der Waals surface area contributed by atoms with Crippen molar-refractivity contribution in [1.82, 2.24) is 4.98 Å². The number of ether oxygens (including phenoxy) is 2. The van der Waals surface area contributed by atoms with Crippen molar-refractivity contribution in [3.05, 3.63) is 89.3 Å². The number of rotatable bonds is 10. The van der Waals surface area contributed by atoms with Gasteiger partial charge in [0.25, 0.3) is 5.91 Å². The normalized spacial score (nSPS) is 11.4. The zero-order chi connectivity index (χ0) is 27.8. The van der Waals surface area contributed by atoms with E-state index in [1.165, 1.54) is 67.0 Å². The first-order valence-corrected chi connectivity index (χ1v) is 13.9. The van der Waals surface area contributed by atoms with E-state index in [4.69, 9.17) is 13.7 Å². The number of methoxy groups -OCH3 is 1. The number of anilines is 1. The number of hydrogen-bond acceptors (Lipinski definition) is 9. The second-order valence-corrected chi connectivity index (χ2v) is 10.3. The van der Waals surface area contributed by atoms with E-state index in [9.17, 15) is 18.5 Å². The van der Waals surface area contributed by atoms with Crippen molar-refractivity contribution in [2.24, 2.45) is 0 Å². The van der Waals surface area contributed by atoms with Crippen LogP contribution in [0.4, 0.5) is 5.13 Å². The Labute approximate surface area is 230 Å². The SMILES string of the molecule is CCOc1cc(/C=C(/C#N)C(=O)Nc2nc(-c3ccccc3)cs2)ccc1OS(=O)(=O)c1ccc(OC)cc1. The van der Waals surface area contributed by atoms with Crippen LogP contribution in [0.15, 0.2) is 88.6 Å². The van der Waals surface area contributed by atoms with Gasteiger partial charge in [-0.25, -0.2) is 4.98 Å². The van der Waals surface area contributed by atoms with E-state index < -0.39 is 16.0 Å². The molecule has 0 spiro atoms. The summed E-state index contributed by atoms with van der Waals surface area (Å²) >= 11 is 1.24. The Morgan fingerprint density at radius 3 is 2.49 bits per heavy atom. The highest BCUT2D eigenvalue weighted by Gasteiger charge is 2.20. The van der Waals surface area contributed by atoms with Crippen LogP contribution < -0.4 is 19.0 Å². The van der Waals surface area contributed by atoms with Crippen molar-refractivity contribution < 1.29 is 26.9 Å². The lowest BCUT2D eigenvalue weighted by Crippen LogP contribution is -2.13. The molecule has 0 aliphatic carbocycles. The Kier molecular flexibility index (Phi) is 8.60. The Morgan fingerprint density at radius 2 is 1.82 bits per heavy atom. The summed E-state index contributed by atoms with van der Waals surface area (Å²) in [6, 6.07) is 21.6. The lowest BCUT2D eigenvalue weighted by molar-refractivity contribution is -0.112. The quantitative estimate of drug-likeness (QED) is 0.152. The summed E-state index contributed by atoms with van der Waals surface area (Å²) in [5.41, 5.74) is 1.88. The molecule has 4 aromatic rings. The molecule has 198 valence electrons. The van der Waals surface area contributed by atoms with Gasteiger partial charge in [-0.3, -0.25) is 10.1 Å². The van der Waals surface area contributed by atoms with Crippen molar-refractivity contribution in [2.45, 2.75) is 11.8 Å². The first-order chi connectivity index (χ1) is 18.8. The third-order valence-corrected chi connectivity index (χ3v) is 7.29. The molecule has 9 nitrogen and oxygen atoms in total. The molecule has 0 fully saturated rings. The minimum atomic E-state index is -4.16. The third-order valence-electron chi connectivity index (χ3n) is 5.29. The van der Waals surface area contributed by atoms with Gasteiger partial charge in [-0.2, -0.15) is 13.7 Å².